The molecular formula is C32H52AlF9O15S3. The fourth-order valence-corrected chi connectivity index (χ4v) is 11.8. The van der Waals surface area contributed by atoms with Crippen molar-refractivity contribution in [3.8, 4) is 0 Å². The Balaban J connectivity index is 0.000000314. The van der Waals surface area contributed by atoms with E-state index in [0.29, 0.717) is 5.41 Å². The summed E-state index contributed by atoms with van der Waals surface area (Å²) < 4.78 is 208. The largest absolute Gasteiger partial charge is 0.952 e. The minimum atomic E-state index is -7.08. The van der Waals surface area contributed by atoms with Gasteiger partial charge in [-0.3, -0.25) is 0 Å². The van der Waals surface area contributed by atoms with Crippen LogP contribution in [-0.2, 0) is 63.7 Å². The van der Waals surface area contributed by atoms with Gasteiger partial charge in [-0.25, -0.2) is 0 Å². The van der Waals surface area contributed by atoms with E-state index >= 15 is 0 Å². The van der Waals surface area contributed by atoms with Gasteiger partial charge in [-0.1, -0.05) is 19.1 Å². The van der Waals surface area contributed by atoms with Crippen molar-refractivity contribution < 1.29 is 103 Å². The molecule has 15 nitrogen and oxygen atoms in total. The van der Waals surface area contributed by atoms with Gasteiger partial charge in [0.15, 0.2) is 11.6 Å². The number of aliphatic hydroxyl groups excluding tert-OH is 1. The van der Waals surface area contributed by atoms with Crippen molar-refractivity contribution in [2.24, 2.45) is 10.8 Å². The number of ether oxygens (including phenoxy) is 5. The molecule has 5 rings (SSSR count). The number of halogens is 9. The first-order chi connectivity index (χ1) is 26.7. The van der Waals surface area contributed by atoms with Crippen molar-refractivity contribution in [3.63, 3.8) is 0 Å². The van der Waals surface area contributed by atoms with Gasteiger partial charge in [0, 0.05) is 32.3 Å². The maximum atomic E-state index is 12.0. The number of rotatable bonds is 9. The topological polar surface area (TPSA) is 196 Å². The molecule has 0 unspecified atom stereocenters. The monoisotopic (exact) mass is 970 g/mol. The molecule has 2 saturated carbocycles. The molecular weight excluding hydrogens is 919 g/mol. The van der Waals surface area contributed by atoms with Gasteiger partial charge in [0.1, 0.15) is 0 Å². The van der Waals surface area contributed by atoms with E-state index in [1.807, 2.05) is 0 Å². The van der Waals surface area contributed by atoms with Gasteiger partial charge < -0.3 is 38.5 Å². The Morgan fingerprint density at radius 3 is 1.22 bits per heavy atom. The number of hydrogen-bond donors (Lipinski definition) is 1. The van der Waals surface area contributed by atoms with Crippen molar-refractivity contribution in [1.29, 1.82) is 0 Å². The molecule has 2 aliphatic carbocycles. The second kappa shape index (κ2) is 20.1. The van der Waals surface area contributed by atoms with Crippen LogP contribution in [0.3, 0.4) is 0 Å². The third-order valence-corrected chi connectivity index (χ3v) is 17.2. The van der Waals surface area contributed by atoms with Crippen molar-refractivity contribution in [3.05, 3.63) is 11.6 Å². The number of aliphatic hydroxyl groups is 1. The highest BCUT2D eigenvalue weighted by Crippen LogP contribution is 2.51. The summed E-state index contributed by atoms with van der Waals surface area (Å²) in [4.78, 5) is 0. The van der Waals surface area contributed by atoms with E-state index in [1.165, 1.54) is 31.3 Å². The highest BCUT2D eigenvalue weighted by molar-refractivity contribution is 7.91. The molecule has 3 saturated heterocycles. The Hall–Kier alpha value is -0.868. The molecule has 0 aromatic carbocycles. The second-order valence-electron chi connectivity index (χ2n) is 15.7. The van der Waals surface area contributed by atoms with Crippen LogP contribution >= 0.6 is 0 Å². The molecule has 60 heavy (non-hydrogen) atoms. The smallest absolute Gasteiger partial charge is 0.396 e. The van der Waals surface area contributed by atoms with Crippen molar-refractivity contribution >= 4 is 45.5 Å². The Bertz CT molecular complexity index is 1630. The van der Waals surface area contributed by atoms with Gasteiger partial charge in [0.25, 0.3) is 0 Å². The van der Waals surface area contributed by atoms with Crippen molar-refractivity contribution in [2.75, 3.05) is 39.6 Å². The molecule has 5 aliphatic rings. The molecule has 5 fully saturated rings. The third kappa shape index (κ3) is 14.8. The SMILES string of the molecule is C.CC(C)=CCC1(CO)CCC2(CC1)OCCO2.CC1(C)CCC2(CCC3(CC2)OCCO3)CO1.O=S(=O)([O][Al]([O]S(=O)(=O)C(F)(F)F)[O]S(=O)(=O)C(F)(F)F)C(F)(F)F. The van der Waals surface area contributed by atoms with Crippen LogP contribution in [0.4, 0.5) is 39.5 Å². The van der Waals surface area contributed by atoms with Crippen LogP contribution < -0.4 is 0 Å². The molecule has 3 aliphatic heterocycles. The van der Waals surface area contributed by atoms with Gasteiger partial charge in [-0.2, -0.15) is 64.8 Å². The lowest BCUT2D eigenvalue weighted by molar-refractivity contribution is -0.210. The zero-order valence-corrected chi connectivity index (χ0v) is 36.1. The predicted molar refractivity (Wildman–Crippen MR) is 192 cm³/mol. The van der Waals surface area contributed by atoms with Crippen LogP contribution in [0.1, 0.15) is 106 Å². The molecule has 1 N–H and O–H groups in total. The Labute approximate surface area is 349 Å². The highest BCUT2D eigenvalue weighted by atomic mass is 32.2. The maximum Gasteiger partial charge on any atom is 0.952 e. The van der Waals surface area contributed by atoms with Crippen molar-refractivity contribution in [1.82, 2.24) is 0 Å². The summed E-state index contributed by atoms with van der Waals surface area (Å²) in [6, 6.07) is 0. The zero-order chi connectivity index (χ0) is 45.0. The fraction of sp³-hybridized carbons (Fsp3) is 0.938. The van der Waals surface area contributed by atoms with E-state index in [2.05, 4.69) is 43.5 Å². The van der Waals surface area contributed by atoms with Gasteiger partial charge in [-0.05, 0) is 83.5 Å². The molecule has 0 radical (unpaired) electrons. The number of allylic oxidation sites excluding steroid dienone is 2. The van der Waals surface area contributed by atoms with Crippen LogP contribution in [0.5, 0.6) is 0 Å². The average Bonchev–Trinajstić information content (AvgIpc) is 3.76. The fourth-order valence-electron chi connectivity index (χ4n) is 6.72. The lowest BCUT2D eigenvalue weighted by Crippen LogP contribution is -2.47. The maximum absolute atomic E-state index is 12.0. The summed E-state index contributed by atoms with van der Waals surface area (Å²) >= 11 is -6.33. The van der Waals surface area contributed by atoms with Gasteiger partial charge in [-0.15, -0.1) is 0 Å². The first kappa shape index (κ1) is 55.3. The Kier molecular flexibility index (Phi) is 18.5. The quantitative estimate of drug-likeness (QED) is 0.111. The summed E-state index contributed by atoms with van der Waals surface area (Å²) in [5, 5.41) is 9.67. The van der Waals surface area contributed by atoms with Gasteiger partial charge >= 0.3 is 62.0 Å². The number of alkyl halides is 9. The van der Waals surface area contributed by atoms with Crippen LogP contribution in [-0.4, -0.2) is 119 Å². The summed E-state index contributed by atoms with van der Waals surface area (Å²) in [5.74, 6) is -0.540. The van der Waals surface area contributed by atoms with E-state index in [-0.39, 0.29) is 36.6 Å². The molecule has 3 spiro atoms. The normalized spacial score (nSPS) is 23.4. The van der Waals surface area contributed by atoms with Crippen LogP contribution in [0.15, 0.2) is 11.6 Å². The van der Waals surface area contributed by atoms with Gasteiger partial charge in [0.2, 0.25) is 0 Å². The first-order valence-electron chi connectivity index (χ1n) is 18.1. The van der Waals surface area contributed by atoms with Crippen LogP contribution in [0.25, 0.3) is 0 Å². The Morgan fingerprint density at radius 1 is 0.600 bits per heavy atom. The summed E-state index contributed by atoms with van der Waals surface area (Å²) in [6.07, 6.45) is 14.0. The van der Waals surface area contributed by atoms with E-state index in [1.54, 1.807) is 0 Å². The molecule has 0 aromatic rings. The predicted octanol–water partition coefficient (Wildman–Crippen LogP) is 6.72. The molecule has 0 aromatic heterocycles. The molecule has 0 amide bonds. The molecule has 0 bridgehead atoms. The molecule has 28 heteroatoms. The summed E-state index contributed by atoms with van der Waals surface area (Å²) in [5.41, 5.74) is -17.6. The lowest BCUT2D eigenvalue weighted by atomic mass is 9.67. The molecule has 354 valence electrons. The van der Waals surface area contributed by atoms with Crippen molar-refractivity contribution in [2.45, 2.75) is 139 Å². The van der Waals surface area contributed by atoms with Crippen LogP contribution in [0, 0.1) is 10.8 Å². The third-order valence-electron chi connectivity index (χ3n) is 10.5. The zero-order valence-electron chi connectivity index (χ0n) is 32.5. The Morgan fingerprint density at radius 2 is 0.933 bits per heavy atom. The molecule has 3 heterocycles. The van der Waals surface area contributed by atoms with E-state index < -0.39 is 62.0 Å². The average molecular weight is 971 g/mol. The number of hydrogen-bond acceptors (Lipinski definition) is 15. The lowest BCUT2D eigenvalue weighted by Gasteiger charge is -2.48. The second-order valence-corrected chi connectivity index (χ2v) is 22.7. The summed E-state index contributed by atoms with van der Waals surface area (Å²) in [7, 11) is -21.3. The minimum absolute atomic E-state index is 0. The van der Waals surface area contributed by atoms with Gasteiger partial charge in [0.05, 0.1) is 38.6 Å². The first-order valence-corrected chi connectivity index (χ1v) is 23.7. The highest BCUT2D eigenvalue weighted by Gasteiger charge is 2.62. The van der Waals surface area contributed by atoms with E-state index in [4.69, 9.17) is 23.7 Å². The molecule has 0 atom stereocenters. The van der Waals surface area contributed by atoms with E-state index in [0.717, 1.165) is 78.0 Å². The minimum Gasteiger partial charge on any atom is -0.396 e. The van der Waals surface area contributed by atoms with Crippen LogP contribution in [0.2, 0.25) is 0 Å². The standard InChI is InChI=1S/2C14H24O3.3CHF3O3S.CH4.Al/c1-12(2)3-4-13(11-17-12)5-7-14(8-6-13)15-9-10-16-14;1-12(2)3-4-13(11-15)5-7-14(8-6-13)16-9-10-17-14;3*2-1(3,4)8(5,6)7;;/h3-11H2,1-2H3;3,15H,4-11H2,1-2H3;3*(H,5,6,7);1H4;/q;;;;;;+3/p-3. The van der Waals surface area contributed by atoms with E-state index in [9.17, 15) is 69.9 Å². The summed E-state index contributed by atoms with van der Waals surface area (Å²) in [6.45, 7) is 12.8.